The fourth-order valence-corrected chi connectivity index (χ4v) is 6.07. The molecule has 2 aromatic rings. The second-order valence-electron chi connectivity index (χ2n) is 9.19. The number of methoxy groups -OCH3 is 1. The number of carbonyl (C=O) groups is 2. The monoisotopic (exact) mass is 453 g/mol. The number of piperidine rings is 1. The number of hydrogen-bond donors (Lipinski definition) is 2. The van der Waals surface area contributed by atoms with Crippen LogP contribution in [0.5, 0.6) is 17.2 Å². The first-order chi connectivity index (χ1) is 15.9. The van der Waals surface area contributed by atoms with Crippen molar-refractivity contribution in [3.05, 3.63) is 53.6 Å². The van der Waals surface area contributed by atoms with E-state index in [9.17, 15) is 0 Å². The van der Waals surface area contributed by atoms with Crippen molar-refractivity contribution >= 4 is 11.9 Å². The van der Waals surface area contributed by atoms with Gasteiger partial charge in [-0.05, 0) is 80.6 Å². The Morgan fingerprint density at radius 1 is 1.03 bits per heavy atom. The topological polar surface area (TPSA) is 96.3 Å². The van der Waals surface area contributed by atoms with Gasteiger partial charge in [-0.15, -0.1) is 0 Å². The smallest absolute Gasteiger partial charge is 0.414 e. The van der Waals surface area contributed by atoms with Crippen molar-refractivity contribution in [2.75, 3.05) is 20.7 Å². The summed E-state index contributed by atoms with van der Waals surface area (Å²) in [4.78, 5) is 20.8. The molecule has 2 N–H and O–H groups in total. The standard InChI is InChI=1S/C24H29NO2.C2H2O4/c1-25-14-13-24-12-6-5-7-19(24)21(25)15-17-10-11-18(16-20(17)24)27-23-9-4-3-8-22(23)26-2;3-1(4)2(5)6/h3-4,8-11,16,19,21H,5-7,12-15H2,1-2H3;(H,3,4)(H,5,6)/t19-,21+,24+;/m0./s1. The van der Waals surface area contributed by atoms with Crippen LogP contribution in [0.4, 0.5) is 0 Å². The molecular weight excluding hydrogens is 422 g/mol. The van der Waals surface area contributed by atoms with Crippen LogP contribution in [0.15, 0.2) is 42.5 Å². The highest BCUT2D eigenvalue weighted by Gasteiger charge is 2.53. The molecule has 0 spiro atoms. The fraction of sp³-hybridized carbons (Fsp3) is 0.462. The molecule has 1 aliphatic heterocycles. The number of likely N-dealkylation sites (tertiary alicyclic amines) is 1. The molecule has 7 nitrogen and oxygen atoms in total. The molecule has 176 valence electrons. The van der Waals surface area contributed by atoms with Gasteiger partial charge in [0.05, 0.1) is 7.11 Å². The van der Waals surface area contributed by atoms with E-state index in [0.717, 1.165) is 23.2 Å². The number of fused-ring (bicyclic) bond motifs is 1. The van der Waals surface area contributed by atoms with E-state index in [-0.39, 0.29) is 0 Å². The summed E-state index contributed by atoms with van der Waals surface area (Å²) < 4.78 is 11.7. The van der Waals surface area contributed by atoms with Crippen LogP contribution in [0.2, 0.25) is 0 Å². The van der Waals surface area contributed by atoms with Crippen molar-refractivity contribution in [3.8, 4) is 17.2 Å². The molecule has 0 amide bonds. The molecular formula is C26H31NO6. The zero-order chi connectivity index (χ0) is 23.6. The van der Waals surface area contributed by atoms with Crippen LogP contribution in [0.3, 0.4) is 0 Å². The molecule has 1 heterocycles. The van der Waals surface area contributed by atoms with Gasteiger partial charge in [0.2, 0.25) is 0 Å². The van der Waals surface area contributed by atoms with Crippen molar-refractivity contribution in [2.45, 2.75) is 50.0 Å². The predicted molar refractivity (Wildman–Crippen MR) is 123 cm³/mol. The molecule has 0 radical (unpaired) electrons. The minimum absolute atomic E-state index is 0.364. The number of ether oxygens (including phenoxy) is 2. The lowest BCUT2D eigenvalue weighted by atomic mass is 9.52. The molecule has 5 rings (SSSR count). The lowest BCUT2D eigenvalue weighted by molar-refractivity contribution is -0.159. The summed E-state index contributed by atoms with van der Waals surface area (Å²) in [5, 5.41) is 14.8. The van der Waals surface area contributed by atoms with Gasteiger partial charge in [0.15, 0.2) is 11.5 Å². The fourth-order valence-electron chi connectivity index (χ4n) is 6.07. The van der Waals surface area contributed by atoms with E-state index < -0.39 is 11.9 Å². The van der Waals surface area contributed by atoms with Crippen LogP contribution < -0.4 is 9.47 Å². The Balaban J connectivity index is 0.000000385. The minimum atomic E-state index is -1.82. The molecule has 3 aliphatic rings. The largest absolute Gasteiger partial charge is 0.493 e. The number of rotatable bonds is 3. The average molecular weight is 454 g/mol. The van der Waals surface area contributed by atoms with Crippen LogP contribution in [0, 0.1) is 5.92 Å². The normalized spacial score (nSPS) is 25.5. The second-order valence-corrected chi connectivity index (χ2v) is 9.19. The molecule has 2 fully saturated rings. The van der Waals surface area contributed by atoms with Crippen LogP contribution in [-0.4, -0.2) is 53.8 Å². The molecule has 0 unspecified atom stereocenters. The summed E-state index contributed by atoms with van der Waals surface area (Å²) in [6, 6.07) is 15.4. The second kappa shape index (κ2) is 9.43. The molecule has 2 aromatic carbocycles. The number of likely N-dealkylation sites (N-methyl/N-ethyl adjacent to an activating group) is 1. The summed E-state index contributed by atoms with van der Waals surface area (Å²) in [6.45, 7) is 1.22. The number of carboxylic acids is 2. The number of nitrogens with zero attached hydrogens (tertiary/aromatic N) is 1. The Morgan fingerprint density at radius 2 is 1.76 bits per heavy atom. The van der Waals surface area contributed by atoms with Crippen LogP contribution in [0.1, 0.15) is 43.2 Å². The first-order valence-electron chi connectivity index (χ1n) is 11.5. The van der Waals surface area contributed by atoms with E-state index in [4.69, 9.17) is 29.3 Å². The highest BCUT2D eigenvalue weighted by molar-refractivity contribution is 6.27. The summed E-state index contributed by atoms with van der Waals surface area (Å²) in [6.07, 6.45) is 7.95. The third-order valence-electron chi connectivity index (χ3n) is 7.57. The van der Waals surface area contributed by atoms with Gasteiger partial charge in [-0.2, -0.15) is 0 Å². The maximum absolute atomic E-state index is 9.10. The van der Waals surface area contributed by atoms with E-state index >= 15 is 0 Å². The van der Waals surface area contributed by atoms with Crippen LogP contribution in [-0.2, 0) is 21.4 Å². The maximum atomic E-state index is 9.10. The number of aliphatic carboxylic acids is 2. The maximum Gasteiger partial charge on any atom is 0.414 e. The van der Waals surface area contributed by atoms with Crippen LogP contribution in [0.25, 0.3) is 0 Å². The van der Waals surface area contributed by atoms with Gasteiger partial charge in [-0.3, -0.25) is 0 Å². The molecule has 0 aromatic heterocycles. The summed E-state index contributed by atoms with van der Waals surface area (Å²) in [5.74, 6) is -0.337. The van der Waals surface area contributed by atoms with E-state index in [2.05, 4.69) is 30.1 Å². The molecule has 2 bridgehead atoms. The quantitative estimate of drug-likeness (QED) is 0.668. The van der Waals surface area contributed by atoms with Gasteiger partial charge in [0.25, 0.3) is 0 Å². The summed E-state index contributed by atoms with van der Waals surface area (Å²) in [5.41, 5.74) is 3.48. The van der Waals surface area contributed by atoms with Gasteiger partial charge in [0, 0.05) is 11.5 Å². The molecule has 33 heavy (non-hydrogen) atoms. The third-order valence-corrected chi connectivity index (χ3v) is 7.57. The summed E-state index contributed by atoms with van der Waals surface area (Å²) in [7, 11) is 4.02. The van der Waals surface area contributed by atoms with Crippen molar-refractivity contribution in [1.29, 1.82) is 0 Å². The number of para-hydroxylation sites is 2. The van der Waals surface area contributed by atoms with E-state index in [1.54, 1.807) is 12.7 Å². The first-order valence-corrected chi connectivity index (χ1v) is 11.5. The highest BCUT2D eigenvalue weighted by atomic mass is 16.5. The predicted octanol–water partition coefficient (Wildman–Crippen LogP) is 4.33. The van der Waals surface area contributed by atoms with Gasteiger partial charge >= 0.3 is 11.9 Å². The Kier molecular flexibility index (Phi) is 6.61. The number of carboxylic acid groups (broad SMARTS) is 2. The zero-order valence-electron chi connectivity index (χ0n) is 19.1. The van der Waals surface area contributed by atoms with E-state index in [1.807, 2.05) is 24.3 Å². The SMILES string of the molecule is COc1ccccc1Oc1ccc2c(c1)[C@@]13CCCC[C@H]1[C@@H](C2)N(C)CC3.O=C(O)C(=O)O. The third kappa shape index (κ3) is 4.42. The summed E-state index contributed by atoms with van der Waals surface area (Å²) >= 11 is 0. The zero-order valence-corrected chi connectivity index (χ0v) is 19.1. The van der Waals surface area contributed by atoms with Crippen molar-refractivity contribution in [2.24, 2.45) is 5.92 Å². The van der Waals surface area contributed by atoms with Gasteiger partial charge in [-0.25, -0.2) is 9.59 Å². The Morgan fingerprint density at radius 3 is 2.45 bits per heavy atom. The molecule has 7 heteroatoms. The highest BCUT2D eigenvalue weighted by Crippen LogP contribution is 2.56. The number of hydrogen-bond acceptors (Lipinski definition) is 5. The Hall–Kier alpha value is -3.06. The van der Waals surface area contributed by atoms with E-state index in [0.29, 0.717) is 11.5 Å². The Bertz CT molecular complexity index is 1030. The first kappa shape index (κ1) is 23.1. The lowest BCUT2D eigenvalue weighted by Gasteiger charge is -2.58. The molecule has 1 saturated carbocycles. The van der Waals surface area contributed by atoms with Gasteiger partial charge in [0.1, 0.15) is 5.75 Å². The van der Waals surface area contributed by atoms with Gasteiger partial charge in [-0.1, -0.05) is 31.0 Å². The Labute approximate surface area is 193 Å². The van der Waals surface area contributed by atoms with Crippen molar-refractivity contribution < 1.29 is 29.3 Å². The van der Waals surface area contributed by atoms with Crippen molar-refractivity contribution in [3.63, 3.8) is 0 Å². The van der Waals surface area contributed by atoms with Crippen molar-refractivity contribution in [1.82, 2.24) is 4.90 Å². The lowest BCUT2D eigenvalue weighted by Crippen LogP contribution is -2.59. The van der Waals surface area contributed by atoms with Gasteiger partial charge < -0.3 is 24.6 Å². The molecule has 2 aliphatic carbocycles. The molecule has 3 atom stereocenters. The average Bonchev–Trinajstić information content (AvgIpc) is 2.82. The van der Waals surface area contributed by atoms with E-state index in [1.165, 1.54) is 50.6 Å². The number of benzene rings is 2. The minimum Gasteiger partial charge on any atom is -0.493 e. The molecule has 1 saturated heterocycles. The van der Waals surface area contributed by atoms with Crippen LogP contribution >= 0.6 is 0 Å².